The van der Waals surface area contributed by atoms with Crippen LogP contribution in [0.3, 0.4) is 0 Å². The first-order valence-corrected chi connectivity index (χ1v) is 8.39. The van der Waals surface area contributed by atoms with Crippen LogP contribution in [0.2, 0.25) is 0 Å². The molecule has 2 fully saturated rings. The van der Waals surface area contributed by atoms with Gasteiger partial charge >= 0.3 is 0 Å². The standard InChI is InChI=1S/C18H25N3O2.ClH/c1-21(2)18(23)13-3-5-14(6-4-13)20-17(22)11-12-9-15-7-8-16(10-12)19-15;/h3-6,12,15-16,19H,7-11H2,1-2H3,(H,20,22);1H. The number of anilines is 1. The molecule has 0 aliphatic carbocycles. The lowest BCUT2D eigenvalue weighted by Gasteiger charge is -2.28. The van der Waals surface area contributed by atoms with Crippen LogP contribution in [0.5, 0.6) is 0 Å². The first-order chi connectivity index (χ1) is 11.0. The molecule has 2 amide bonds. The van der Waals surface area contributed by atoms with Crippen molar-refractivity contribution in [3.63, 3.8) is 0 Å². The van der Waals surface area contributed by atoms with Gasteiger partial charge in [0.25, 0.3) is 5.91 Å². The predicted octanol–water partition coefficient (Wildman–Crippen LogP) is 2.67. The van der Waals surface area contributed by atoms with Gasteiger partial charge in [0.1, 0.15) is 0 Å². The van der Waals surface area contributed by atoms with Gasteiger partial charge in [0, 0.05) is 43.9 Å². The molecule has 2 N–H and O–H groups in total. The molecule has 2 saturated heterocycles. The van der Waals surface area contributed by atoms with Crippen LogP contribution in [-0.2, 0) is 4.79 Å². The number of nitrogens with one attached hydrogen (secondary N) is 2. The molecule has 0 saturated carbocycles. The van der Waals surface area contributed by atoms with E-state index in [-0.39, 0.29) is 24.2 Å². The van der Waals surface area contributed by atoms with Crippen LogP contribution in [0.4, 0.5) is 5.69 Å². The number of carbonyl (C=O) groups is 2. The number of hydrogen-bond acceptors (Lipinski definition) is 3. The monoisotopic (exact) mass is 351 g/mol. The molecule has 24 heavy (non-hydrogen) atoms. The Morgan fingerprint density at radius 1 is 1.12 bits per heavy atom. The summed E-state index contributed by atoms with van der Waals surface area (Å²) in [7, 11) is 3.45. The molecule has 0 spiro atoms. The molecule has 1 aromatic carbocycles. The Morgan fingerprint density at radius 2 is 1.71 bits per heavy atom. The Balaban J connectivity index is 0.00000208. The van der Waals surface area contributed by atoms with E-state index in [1.165, 1.54) is 12.8 Å². The van der Waals surface area contributed by atoms with Crippen molar-refractivity contribution in [2.75, 3.05) is 19.4 Å². The molecule has 3 rings (SSSR count). The summed E-state index contributed by atoms with van der Waals surface area (Å²) in [6, 6.07) is 8.32. The highest BCUT2D eigenvalue weighted by Gasteiger charge is 2.34. The van der Waals surface area contributed by atoms with Gasteiger partial charge in [0.05, 0.1) is 0 Å². The fraction of sp³-hybridized carbons (Fsp3) is 0.556. The van der Waals surface area contributed by atoms with Crippen molar-refractivity contribution < 1.29 is 9.59 Å². The SMILES string of the molecule is CN(C)C(=O)c1ccc(NC(=O)CC2CC3CCC(C2)N3)cc1.Cl. The van der Waals surface area contributed by atoms with Crippen molar-refractivity contribution in [2.24, 2.45) is 5.92 Å². The lowest BCUT2D eigenvalue weighted by molar-refractivity contribution is -0.117. The second kappa shape index (κ2) is 7.99. The molecule has 0 radical (unpaired) electrons. The van der Waals surface area contributed by atoms with Crippen molar-refractivity contribution in [1.29, 1.82) is 0 Å². The summed E-state index contributed by atoms with van der Waals surface area (Å²) in [4.78, 5) is 25.6. The number of benzene rings is 1. The van der Waals surface area contributed by atoms with Crippen molar-refractivity contribution in [3.05, 3.63) is 29.8 Å². The summed E-state index contributed by atoms with van der Waals surface area (Å²) in [5.41, 5.74) is 1.38. The van der Waals surface area contributed by atoms with Gasteiger partial charge in [-0.15, -0.1) is 12.4 Å². The number of carbonyl (C=O) groups excluding carboxylic acids is 2. The Kier molecular flexibility index (Phi) is 6.24. The number of nitrogens with zero attached hydrogens (tertiary/aromatic N) is 1. The van der Waals surface area contributed by atoms with Gasteiger partial charge in [-0.1, -0.05) is 0 Å². The highest BCUT2D eigenvalue weighted by molar-refractivity contribution is 5.95. The molecule has 2 heterocycles. The number of rotatable bonds is 4. The van der Waals surface area contributed by atoms with Gasteiger partial charge in [0.15, 0.2) is 0 Å². The summed E-state index contributed by atoms with van der Waals surface area (Å²) in [6.45, 7) is 0. The fourth-order valence-electron chi connectivity index (χ4n) is 3.77. The Labute approximate surface area is 149 Å². The van der Waals surface area contributed by atoms with Crippen LogP contribution in [0.25, 0.3) is 0 Å². The maximum absolute atomic E-state index is 12.2. The van der Waals surface area contributed by atoms with E-state index < -0.39 is 0 Å². The van der Waals surface area contributed by atoms with E-state index in [0.717, 1.165) is 18.5 Å². The molecular weight excluding hydrogens is 326 g/mol. The zero-order valence-corrected chi connectivity index (χ0v) is 15.1. The van der Waals surface area contributed by atoms with Gasteiger partial charge in [0.2, 0.25) is 5.91 Å². The molecule has 5 nitrogen and oxygen atoms in total. The van der Waals surface area contributed by atoms with Crippen molar-refractivity contribution >= 4 is 29.9 Å². The molecule has 2 unspecified atom stereocenters. The van der Waals surface area contributed by atoms with Crippen LogP contribution in [0.15, 0.2) is 24.3 Å². The van der Waals surface area contributed by atoms with Crippen LogP contribution >= 0.6 is 12.4 Å². The predicted molar refractivity (Wildman–Crippen MR) is 97.6 cm³/mol. The van der Waals surface area contributed by atoms with Crippen molar-refractivity contribution in [1.82, 2.24) is 10.2 Å². The largest absolute Gasteiger partial charge is 0.345 e. The summed E-state index contributed by atoms with van der Waals surface area (Å²) >= 11 is 0. The average molecular weight is 352 g/mol. The number of amides is 2. The van der Waals surface area contributed by atoms with Crippen LogP contribution < -0.4 is 10.6 Å². The van der Waals surface area contributed by atoms with Gasteiger partial charge in [-0.05, 0) is 55.9 Å². The molecule has 1 aromatic rings. The smallest absolute Gasteiger partial charge is 0.253 e. The second-order valence-electron chi connectivity index (χ2n) is 7.00. The van der Waals surface area contributed by atoms with Crippen LogP contribution in [0.1, 0.15) is 42.5 Å². The minimum atomic E-state index is -0.0342. The molecule has 6 heteroatoms. The van der Waals surface area contributed by atoms with Gasteiger partial charge in [-0.25, -0.2) is 0 Å². The molecule has 0 aromatic heterocycles. The minimum absolute atomic E-state index is 0. The topological polar surface area (TPSA) is 61.4 Å². The Bertz CT molecular complexity index is 576. The second-order valence-corrected chi connectivity index (χ2v) is 7.00. The van der Waals surface area contributed by atoms with Crippen molar-refractivity contribution in [2.45, 2.75) is 44.2 Å². The lowest BCUT2D eigenvalue weighted by Crippen LogP contribution is -2.39. The van der Waals surface area contributed by atoms with E-state index in [0.29, 0.717) is 30.0 Å². The number of hydrogen-bond donors (Lipinski definition) is 2. The quantitative estimate of drug-likeness (QED) is 0.876. The third kappa shape index (κ3) is 4.48. The molecule has 2 aliphatic rings. The third-order valence-electron chi connectivity index (χ3n) is 4.87. The number of piperidine rings is 1. The average Bonchev–Trinajstić information content (AvgIpc) is 2.86. The Morgan fingerprint density at radius 3 is 2.25 bits per heavy atom. The van der Waals surface area contributed by atoms with E-state index in [9.17, 15) is 9.59 Å². The third-order valence-corrected chi connectivity index (χ3v) is 4.87. The van der Waals surface area contributed by atoms with E-state index in [1.54, 1.807) is 43.3 Å². The van der Waals surface area contributed by atoms with Gasteiger partial charge < -0.3 is 15.5 Å². The van der Waals surface area contributed by atoms with Gasteiger partial charge in [-0.2, -0.15) is 0 Å². The van der Waals surface area contributed by atoms with E-state index in [1.807, 2.05) is 0 Å². The van der Waals surface area contributed by atoms with Gasteiger partial charge in [-0.3, -0.25) is 9.59 Å². The summed E-state index contributed by atoms with van der Waals surface area (Å²) < 4.78 is 0. The van der Waals surface area contributed by atoms with Crippen LogP contribution in [-0.4, -0.2) is 42.9 Å². The highest BCUT2D eigenvalue weighted by atomic mass is 35.5. The zero-order valence-electron chi connectivity index (χ0n) is 14.2. The summed E-state index contributed by atoms with van der Waals surface area (Å²) in [5.74, 6) is 0.527. The normalized spacial score (nSPS) is 24.8. The number of fused-ring (bicyclic) bond motifs is 2. The molecular formula is C18H26ClN3O2. The Hall–Kier alpha value is -1.59. The maximum Gasteiger partial charge on any atom is 0.253 e. The van der Waals surface area contributed by atoms with E-state index in [4.69, 9.17) is 0 Å². The number of halogens is 1. The first-order valence-electron chi connectivity index (χ1n) is 8.39. The van der Waals surface area contributed by atoms with Crippen molar-refractivity contribution in [3.8, 4) is 0 Å². The fourth-order valence-corrected chi connectivity index (χ4v) is 3.77. The zero-order chi connectivity index (χ0) is 16.4. The molecule has 2 bridgehead atoms. The minimum Gasteiger partial charge on any atom is -0.345 e. The van der Waals surface area contributed by atoms with E-state index in [2.05, 4.69) is 10.6 Å². The summed E-state index contributed by atoms with van der Waals surface area (Å²) in [5, 5.41) is 6.55. The molecule has 2 atom stereocenters. The maximum atomic E-state index is 12.2. The van der Waals surface area contributed by atoms with Crippen LogP contribution in [0, 0.1) is 5.92 Å². The first kappa shape index (κ1) is 18.7. The lowest BCUT2D eigenvalue weighted by atomic mass is 9.89. The highest BCUT2D eigenvalue weighted by Crippen LogP contribution is 2.32. The summed E-state index contributed by atoms with van der Waals surface area (Å²) in [6.07, 6.45) is 5.32. The molecule has 132 valence electrons. The molecule has 2 aliphatic heterocycles. The van der Waals surface area contributed by atoms with E-state index >= 15 is 0 Å².